The van der Waals surface area contributed by atoms with Gasteiger partial charge >= 0.3 is 0 Å². The highest BCUT2D eigenvalue weighted by molar-refractivity contribution is 6.17. The topological polar surface area (TPSA) is 94.8 Å². The Morgan fingerprint density at radius 2 is 1.68 bits per heavy atom. The third kappa shape index (κ3) is 1.86. The predicted molar refractivity (Wildman–Crippen MR) is 78.9 cm³/mol. The molecular weight excluding hydrogens is 284 g/mol. The van der Waals surface area contributed by atoms with Crippen LogP contribution in [-0.4, -0.2) is 26.9 Å². The van der Waals surface area contributed by atoms with Crippen LogP contribution < -0.4 is 0 Å². The largest absolute Gasteiger partial charge is 0.508 e. The summed E-state index contributed by atoms with van der Waals surface area (Å²) in [6.45, 7) is 3.02. The maximum atomic E-state index is 12.6. The summed E-state index contributed by atoms with van der Waals surface area (Å²) in [5, 5.41) is 29.8. The molecule has 0 fully saturated rings. The van der Waals surface area contributed by atoms with Gasteiger partial charge in [0.05, 0.1) is 16.7 Å². The van der Waals surface area contributed by atoms with Crippen molar-refractivity contribution in [1.29, 1.82) is 0 Å². The minimum Gasteiger partial charge on any atom is -0.508 e. The molecule has 1 aliphatic carbocycles. The number of ketones is 2. The van der Waals surface area contributed by atoms with Crippen molar-refractivity contribution in [2.45, 2.75) is 20.3 Å². The molecule has 0 aliphatic heterocycles. The lowest BCUT2D eigenvalue weighted by Gasteiger charge is -2.22. The highest BCUT2D eigenvalue weighted by Crippen LogP contribution is 2.40. The van der Waals surface area contributed by atoms with Crippen molar-refractivity contribution in [3.05, 3.63) is 51.6 Å². The molecule has 2 aromatic carbocycles. The number of hydrogen-bond donors (Lipinski definition) is 3. The standard InChI is InChI=1S/C17H14O5/c1-7-3-9-4-10-5-11(19)6-12(20)14(10)17(22)15(9)16(21)13(7)8(2)18/h3,5-6,19-21H,4H2,1-2H3. The van der Waals surface area contributed by atoms with E-state index in [2.05, 4.69) is 0 Å². The molecule has 5 heteroatoms. The van der Waals surface area contributed by atoms with Crippen molar-refractivity contribution in [2.24, 2.45) is 0 Å². The van der Waals surface area contributed by atoms with Gasteiger partial charge in [0.15, 0.2) is 5.78 Å². The molecule has 22 heavy (non-hydrogen) atoms. The van der Waals surface area contributed by atoms with Crippen LogP contribution in [0.15, 0.2) is 18.2 Å². The van der Waals surface area contributed by atoms with Gasteiger partial charge in [-0.25, -0.2) is 0 Å². The Morgan fingerprint density at radius 1 is 1.05 bits per heavy atom. The predicted octanol–water partition coefficient (Wildman–Crippen LogP) is 2.45. The number of fused-ring (bicyclic) bond motifs is 2. The van der Waals surface area contributed by atoms with Crippen LogP contribution in [0.25, 0.3) is 0 Å². The Morgan fingerprint density at radius 3 is 2.32 bits per heavy atom. The highest BCUT2D eigenvalue weighted by atomic mass is 16.3. The number of carbonyl (C=O) groups excluding carboxylic acids is 2. The monoisotopic (exact) mass is 298 g/mol. The van der Waals surface area contributed by atoms with Gasteiger partial charge in [0.25, 0.3) is 0 Å². The number of Topliss-reactive ketones (excluding diaryl/α,β-unsaturated/α-hetero) is 1. The van der Waals surface area contributed by atoms with Crippen molar-refractivity contribution in [1.82, 2.24) is 0 Å². The SMILES string of the molecule is CC(=O)c1c(C)cc2c(c1O)C(=O)c1c(O)cc(O)cc1C2. The van der Waals surface area contributed by atoms with Crippen molar-refractivity contribution in [2.75, 3.05) is 0 Å². The Bertz CT molecular complexity index is 849. The van der Waals surface area contributed by atoms with Crippen LogP contribution >= 0.6 is 0 Å². The van der Waals surface area contributed by atoms with E-state index in [0.717, 1.165) is 6.07 Å². The summed E-state index contributed by atoms with van der Waals surface area (Å²) < 4.78 is 0. The van der Waals surface area contributed by atoms with Gasteiger partial charge in [-0.3, -0.25) is 9.59 Å². The number of rotatable bonds is 1. The smallest absolute Gasteiger partial charge is 0.201 e. The van der Waals surface area contributed by atoms with E-state index < -0.39 is 5.78 Å². The van der Waals surface area contributed by atoms with E-state index in [4.69, 9.17) is 0 Å². The second-order valence-electron chi connectivity index (χ2n) is 5.51. The number of phenolic OH excluding ortho intramolecular Hbond substituents is 3. The van der Waals surface area contributed by atoms with Crippen LogP contribution in [-0.2, 0) is 6.42 Å². The van der Waals surface area contributed by atoms with Gasteiger partial charge in [0.2, 0.25) is 5.78 Å². The summed E-state index contributed by atoms with van der Waals surface area (Å²) >= 11 is 0. The van der Waals surface area contributed by atoms with Gasteiger partial charge < -0.3 is 15.3 Å². The van der Waals surface area contributed by atoms with E-state index in [1.807, 2.05) is 0 Å². The van der Waals surface area contributed by atoms with E-state index >= 15 is 0 Å². The molecule has 0 atom stereocenters. The van der Waals surface area contributed by atoms with Crippen molar-refractivity contribution >= 4 is 11.6 Å². The zero-order valence-electron chi connectivity index (χ0n) is 12.1. The van der Waals surface area contributed by atoms with Crippen LogP contribution in [0.4, 0.5) is 0 Å². The van der Waals surface area contributed by atoms with E-state index in [0.29, 0.717) is 16.7 Å². The lowest BCUT2D eigenvalue weighted by atomic mass is 9.81. The van der Waals surface area contributed by atoms with E-state index in [1.54, 1.807) is 13.0 Å². The second kappa shape index (κ2) is 4.59. The molecule has 1 aliphatic rings. The maximum Gasteiger partial charge on any atom is 0.201 e. The van der Waals surface area contributed by atoms with Crippen LogP contribution in [0.1, 0.15) is 49.9 Å². The highest BCUT2D eigenvalue weighted by Gasteiger charge is 2.31. The molecule has 0 saturated heterocycles. The third-order valence-corrected chi connectivity index (χ3v) is 3.95. The van der Waals surface area contributed by atoms with E-state index in [-0.39, 0.29) is 46.1 Å². The van der Waals surface area contributed by atoms with Crippen molar-refractivity contribution in [3.8, 4) is 17.2 Å². The van der Waals surface area contributed by atoms with Crippen LogP contribution in [0.2, 0.25) is 0 Å². The van der Waals surface area contributed by atoms with Crippen molar-refractivity contribution < 1.29 is 24.9 Å². The molecule has 0 heterocycles. The molecule has 112 valence electrons. The molecule has 5 nitrogen and oxygen atoms in total. The van der Waals surface area contributed by atoms with Gasteiger partial charge in [0.1, 0.15) is 17.2 Å². The average Bonchev–Trinajstić information content (AvgIpc) is 2.35. The summed E-state index contributed by atoms with van der Waals surface area (Å²) in [5.74, 6) is -1.69. The minimum atomic E-state index is -0.547. The molecule has 0 spiro atoms. The fraction of sp³-hybridized carbons (Fsp3) is 0.176. The zero-order valence-corrected chi connectivity index (χ0v) is 12.1. The Labute approximate surface area is 126 Å². The number of phenols is 3. The van der Waals surface area contributed by atoms with Crippen LogP contribution in [0, 0.1) is 6.92 Å². The minimum absolute atomic E-state index is 0.0456. The van der Waals surface area contributed by atoms with Gasteiger partial charge in [-0.1, -0.05) is 6.07 Å². The maximum absolute atomic E-state index is 12.6. The first-order valence-corrected chi connectivity index (χ1v) is 6.77. The number of aryl methyl sites for hydroxylation is 1. The van der Waals surface area contributed by atoms with Gasteiger partial charge in [0, 0.05) is 6.07 Å². The molecule has 0 amide bonds. The van der Waals surface area contributed by atoms with Gasteiger partial charge in [-0.15, -0.1) is 0 Å². The van der Waals surface area contributed by atoms with Crippen LogP contribution in [0.5, 0.6) is 17.2 Å². The number of benzene rings is 2. The Kier molecular flexibility index (Phi) is 2.95. The third-order valence-electron chi connectivity index (χ3n) is 3.95. The quantitative estimate of drug-likeness (QED) is 0.600. The Hall–Kier alpha value is -2.82. The van der Waals surface area contributed by atoms with Gasteiger partial charge in [-0.2, -0.15) is 0 Å². The first-order chi connectivity index (χ1) is 10.3. The van der Waals surface area contributed by atoms with Crippen molar-refractivity contribution in [3.63, 3.8) is 0 Å². The summed E-state index contributed by atoms with van der Waals surface area (Å²) in [6, 6.07) is 4.19. The molecule has 0 aromatic heterocycles. The first kappa shape index (κ1) is 14.1. The molecule has 3 rings (SSSR count). The molecule has 0 saturated carbocycles. The number of hydrogen-bond acceptors (Lipinski definition) is 5. The molecule has 0 radical (unpaired) electrons. The molecular formula is C17H14O5. The molecule has 0 bridgehead atoms. The van der Waals surface area contributed by atoms with E-state index in [1.165, 1.54) is 13.0 Å². The fourth-order valence-electron chi connectivity index (χ4n) is 3.11. The summed E-state index contributed by atoms with van der Waals surface area (Å²) in [7, 11) is 0. The Balaban J connectivity index is 2.31. The fourth-order valence-corrected chi connectivity index (χ4v) is 3.11. The average molecular weight is 298 g/mol. The zero-order chi connectivity index (χ0) is 16.2. The summed E-state index contributed by atoms with van der Waals surface area (Å²) in [6.07, 6.45) is 0.283. The second-order valence-corrected chi connectivity index (χ2v) is 5.51. The summed E-state index contributed by atoms with van der Waals surface area (Å²) in [5.41, 5.74) is 1.87. The van der Waals surface area contributed by atoms with Crippen LogP contribution in [0.3, 0.4) is 0 Å². The van der Waals surface area contributed by atoms with E-state index in [9.17, 15) is 24.9 Å². The number of carbonyl (C=O) groups is 2. The lowest BCUT2D eigenvalue weighted by molar-refractivity contribution is 0.101. The van der Waals surface area contributed by atoms with Gasteiger partial charge in [-0.05, 0) is 43.0 Å². The summed E-state index contributed by atoms with van der Waals surface area (Å²) in [4.78, 5) is 24.3. The molecule has 3 N–H and O–H groups in total. The normalized spacial score (nSPS) is 12.7. The number of aromatic hydroxyl groups is 3. The molecule has 2 aromatic rings. The first-order valence-electron chi connectivity index (χ1n) is 6.77. The molecule has 0 unspecified atom stereocenters. The lowest BCUT2D eigenvalue weighted by Crippen LogP contribution is -2.17.